The van der Waals surface area contributed by atoms with Gasteiger partial charge in [-0.3, -0.25) is 0 Å². The first-order chi connectivity index (χ1) is 7.70. The molecule has 1 atom stereocenters. The second-order valence-corrected chi connectivity index (χ2v) is 5.69. The molecule has 1 unspecified atom stereocenters. The van der Waals surface area contributed by atoms with E-state index in [2.05, 4.69) is 31.0 Å². The van der Waals surface area contributed by atoms with E-state index in [4.69, 9.17) is 0 Å². The van der Waals surface area contributed by atoms with E-state index in [1.54, 1.807) is 0 Å². The summed E-state index contributed by atoms with van der Waals surface area (Å²) in [7, 11) is 0. The molecule has 0 spiro atoms. The van der Waals surface area contributed by atoms with Crippen LogP contribution in [0.2, 0.25) is 0 Å². The molecular weight excluding hydrogens is 196 g/mol. The van der Waals surface area contributed by atoms with Gasteiger partial charge in [-0.25, -0.2) is 0 Å². The Morgan fingerprint density at radius 3 is 2.19 bits per heavy atom. The molecule has 1 rings (SSSR count). The van der Waals surface area contributed by atoms with Gasteiger partial charge in [-0.1, -0.05) is 26.7 Å². The third kappa shape index (κ3) is 5.86. The maximum atomic E-state index is 3.54. The third-order valence-corrected chi connectivity index (χ3v) is 3.56. The fraction of sp³-hybridized carbons (Fsp3) is 1.00. The number of nitrogens with one attached hydrogen (secondary N) is 1. The van der Waals surface area contributed by atoms with Crippen LogP contribution in [0.25, 0.3) is 0 Å². The first kappa shape index (κ1) is 14.0. The van der Waals surface area contributed by atoms with E-state index in [0.717, 1.165) is 18.5 Å². The largest absolute Gasteiger partial charge is 0.316 e. The quantitative estimate of drug-likeness (QED) is 0.701. The monoisotopic (exact) mass is 226 g/mol. The average molecular weight is 226 g/mol. The summed E-state index contributed by atoms with van der Waals surface area (Å²) in [4.78, 5) is 2.68. The van der Waals surface area contributed by atoms with Crippen LogP contribution in [0.1, 0.15) is 52.9 Å². The van der Waals surface area contributed by atoms with Crippen LogP contribution in [-0.2, 0) is 0 Å². The van der Waals surface area contributed by atoms with E-state index in [1.807, 2.05) is 0 Å². The van der Waals surface area contributed by atoms with Crippen LogP contribution in [-0.4, -0.2) is 37.1 Å². The van der Waals surface area contributed by atoms with Crippen molar-refractivity contribution < 1.29 is 0 Å². The maximum absolute atomic E-state index is 3.54. The number of rotatable bonds is 6. The number of nitrogens with zero attached hydrogens (tertiary/aromatic N) is 1. The van der Waals surface area contributed by atoms with Gasteiger partial charge in [0.2, 0.25) is 0 Å². The SMILES string of the molecule is CC(C)CNCCC(C)N1CCCCCC1. The zero-order chi connectivity index (χ0) is 11.8. The summed E-state index contributed by atoms with van der Waals surface area (Å²) in [5.41, 5.74) is 0. The van der Waals surface area contributed by atoms with Crippen LogP contribution < -0.4 is 5.32 Å². The highest BCUT2D eigenvalue weighted by Crippen LogP contribution is 2.13. The molecule has 0 aromatic heterocycles. The van der Waals surface area contributed by atoms with E-state index in [1.165, 1.54) is 51.7 Å². The van der Waals surface area contributed by atoms with Crippen molar-refractivity contribution in [3.05, 3.63) is 0 Å². The molecule has 1 saturated heterocycles. The fourth-order valence-electron chi connectivity index (χ4n) is 2.42. The minimum Gasteiger partial charge on any atom is -0.316 e. The van der Waals surface area contributed by atoms with Crippen LogP contribution in [0.5, 0.6) is 0 Å². The van der Waals surface area contributed by atoms with E-state index in [9.17, 15) is 0 Å². The maximum Gasteiger partial charge on any atom is 0.00790 e. The molecule has 0 radical (unpaired) electrons. The topological polar surface area (TPSA) is 15.3 Å². The van der Waals surface area contributed by atoms with Crippen LogP contribution in [0.4, 0.5) is 0 Å². The molecule has 1 aliphatic rings. The Morgan fingerprint density at radius 2 is 1.62 bits per heavy atom. The molecule has 2 heteroatoms. The summed E-state index contributed by atoms with van der Waals surface area (Å²) in [6, 6.07) is 0.762. The predicted molar refractivity (Wildman–Crippen MR) is 71.8 cm³/mol. The fourth-order valence-corrected chi connectivity index (χ4v) is 2.42. The summed E-state index contributed by atoms with van der Waals surface area (Å²) in [6.07, 6.45) is 6.99. The van der Waals surface area contributed by atoms with Crippen molar-refractivity contribution in [1.82, 2.24) is 10.2 Å². The van der Waals surface area contributed by atoms with E-state index in [-0.39, 0.29) is 0 Å². The molecule has 0 aromatic rings. The van der Waals surface area contributed by atoms with Crippen LogP contribution >= 0.6 is 0 Å². The Bertz CT molecular complexity index is 160. The van der Waals surface area contributed by atoms with Gasteiger partial charge in [-0.15, -0.1) is 0 Å². The Kier molecular flexibility index (Phi) is 7.06. The van der Waals surface area contributed by atoms with Crippen molar-refractivity contribution in [2.75, 3.05) is 26.2 Å². The lowest BCUT2D eigenvalue weighted by Gasteiger charge is -2.27. The minimum absolute atomic E-state index is 0.762. The second kappa shape index (κ2) is 8.08. The van der Waals surface area contributed by atoms with Crippen LogP contribution in [0.15, 0.2) is 0 Å². The van der Waals surface area contributed by atoms with Gasteiger partial charge in [0.25, 0.3) is 0 Å². The number of hydrogen-bond donors (Lipinski definition) is 1. The zero-order valence-corrected chi connectivity index (χ0v) is 11.5. The first-order valence-electron chi connectivity index (χ1n) is 7.15. The van der Waals surface area contributed by atoms with Crippen molar-refractivity contribution in [2.24, 2.45) is 5.92 Å². The van der Waals surface area contributed by atoms with Crippen molar-refractivity contribution in [1.29, 1.82) is 0 Å². The standard InChI is InChI=1S/C14H30N2/c1-13(2)12-15-9-8-14(3)16-10-6-4-5-7-11-16/h13-15H,4-12H2,1-3H3. The highest BCUT2D eigenvalue weighted by Gasteiger charge is 2.14. The highest BCUT2D eigenvalue weighted by atomic mass is 15.1. The van der Waals surface area contributed by atoms with Crippen molar-refractivity contribution in [3.63, 3.8) is 0 Å². The zero-order valence-electron chi connectivity index (χ0n) is 11.5. The minimum atomic E-state index is 0.762. The third-order valence-electron chi connectivity index (χ3n) is 3.56. The molecule has 96 valence electrons. The molecule has 16 heavy (non-hydrogen) atoms. The molecule has 1 fully saturated rings. The predicted octanol–water partition coefficient (Wildman–Crippen LogP) is 2.89. The first-order valence-corrected chi connectivity index (χ1v) is 7.15. The van der Waals surface area contributed by atoms with Crippen molar-refractivity contribution in [3.8, 4) is 0 Å². The van der Waals surface area contributed by atoms with Gasteiger partial charge in [0.1, 0.15) is 0 Å². The van der Waals surface area contributed by atoms with Gasteiger partial charge in [0, 0.05) is 6.04 Å². The average Bonchev–Trinajstić information content (AvgIpc) is 2.52. The van der Waals surface area contributed by atoms with E-state index < -0.39 is 0 Å². The Hall–Kier alpha value is -0.0800. The molecule has 0 saturated carbocycles. The van der Waals surface area contributed by atoms with Gasteiger partial charge < -0.3 is 10.2 Å². The van der Waals surface area contributed by atoms with Gasteiger partial charge in [-0.05, 0) is 58.3 Å². The van der Waals surface area contributed by atoms with Crippen LogP contribution in [0.3, 0.4) is 0 Å². The van der Waals surface area contributed by atoms with Gasteiger partial charge in [-0.2, -0.15) is 0 Å². The summed E-state index contributed by atoms with van der Waals surface area (Å²) in [5.74, 6) is 0.772. The summed E-state index contributed by atoms with van der Waals surface area (Å²) in [5, 5.41) is 3.54. The molecule has 0 amide bonds. The van der Waals surface area contributed by atoms with Gasteiger partial charge >= 0.3 is 0 Å². The van der Waals surface area contributed by atoms with E-state index >= 15 is 0 Å². The van der Waals surface area contributed by atoms with Crippen LogP contribution in [0, 0.1) is 5.92 Å². The van der Waals surface area contributed by atoms with Crippen molar-refractivity contribution in [2.45, 2.75) is 58.9 Å². The smallest absolute Gasteiger partial charge is 0.00790 e. The molecule has 0 aliphatic carbocycles. The van der Waals surface area contributed by atoms with Gasteiger partial charge in [0.05, 0.1) is 0 Å². The molecule has 0 bridgehead atoms. The molecule has 1 aliphatic heterocycles. The summed E-state index contributed by atoms with van der Waals surface area (Å²) in [6.45, 7) is 11.9. The molecule has 1 heterocycles. The lowest BCUT2D eigenvalue weighted by atomic mass is 10.1. The summed E-state index contributed by atoms with van der Waals surface area (Å²) >= 11 is 0. The lowest BCUT2D eigenvalue weighted by Crippen LogP contribution is -2.36. The summed E-state index contributed by atoms with van der Waals surface area (Å²) < 4.78 is 0. The Balaban J connectivity index is 2.10. The Labute approximate surface area is 102 Å². The molecular formula is C14H30N2. The van der Waals surface area contributed by atoms with Gasteiger partial charge in [0.15, 0.2) is 0 Å². The number of hydrogen-bond acceptors (Lipinski definition) is 2. The van der Waals surface area contributed by atoms with Crippen molar-refractivity contribution >= 4 is 0 Å². The molecule has 0 aromatic carbocycles. The van der Waals surface area contributed by atoms with E-state index in [0.29, 0.717) is 0 Å². The highest BCUT2D eigenvalue weighted by molar-refractivity contribution is 4.71. The second-order valence-electron chi connectivity index (χ2n) is 5.69. The number of likely N-dealkylation sites (tertiary alicyclic amines) is 1. The molecule has 1 N–H and O–H groups in total. The Morgan fingerprint density at radius 1 is 1.00 bits per heavy atom. The molecule has 2 nitrogen and oxygen atoms in total. The normalized spacial score (nSPS) is 21.0. The lowest BCUT2D eigenvalue weighted by molar-refractivity contribution is 0.206.